The van der Waals surface area contributed by atoms with E-state index in [0.717, 1.165) is 6.07 Å². The molecule has 0 radical (unpaired) electrons. The van der Waals surface area contributed by atoms with Crippen molar-refractivity contribution in [1.82, 2.24) is 0 Å². The zero-order valence-electron chi connectivity index (χ0n) is 75.7. The van der Waals surface area contributed by atoms with E-state index in [2.05, 4.69) is 26.6 Å². The van der Waals surface area contributed by atoms with Gasteiger partial charge < -0.3 is 164 Å². The van der Waals surface area contributed by atoms with Crippen LogP contribution in [0.1, 0.15) is 51.8 Å². The summed E-state index contributed by atoms with van der Waals surface area (Å²) in [5.74, 6) is -4.83. The molecule has 0 atom stereocenters. The fourth-order valence-corrected chi connectivity index (χ4v) is 11.3. The van der Waals surface area contributed by atoms with Crippen LogP contribution in [0, 0.1) is 10.1 Å². The van der Waals surface area contributed by atoms with Crippen molar-refractivity contribution in [2.75, 3.05) is 343 Å². The zero-order valence-corrected chi connectivity index (χ0v) is 75.7. The fourth-order valence-electron chi connectivity index (χ4n) is 11.3. The second kappa shape index (κ2) is 65.7. The Morgan fingerprint density at radius 3 is 0.685 bits per heavy atom. The lowest BCUT2D eigenvalue weighted by Gasteiger charge is -2.21. The number of rotatable bonds is 76. The monoisotopic (exact) mass is 1840 g/mol. The van der Waals surface area contributed by atoms with Gasteiger partial charge in [-0.1, -0.05) is 12.1 Å². The van der Waals surface area contributed by atoms with Crippen molar-refractivity contribution in [2.24, 2.45) is 0 Å². The molecule has 722 valence electrons. The van der Waals surface area contributed by atoms with Gasteiger partial charge in [-0.25, -0.2) is 0 Å². The van der Waals surface area contributed by atoms with Gasteiger partial charge in [0.15, 0.2) is 0 Å². The minimum atomic E-state index is -0.975. The molecule has 0 aromatic heterocycles. The summed E-state index contributed by atoms with van der Waals surface area (Å²) in [4.78, 5) is 87.9. The highest BCUT2D eigenvalue weighted by Gasteiger charge is 2.30. The number of carbonyl (C=O) groups is 5. The second-order valence-corrected chi connectivity index (χ2v) is 26.6. The molecule has 5 amide bonds. The molecule has 130 heavy (non-hydrogen) atoms. The van der Waals surface area contributed by atoms with E-state index in [1.165, 1.54) is 90.1 Å². The third-order valence-corrected chi connectivity index (χ3v) is 17.8. The van der Waals surface area contributed by atoms with Gasteiger partial charge in [0.2, 0.25) is 5.75 Å². The van der Waals surface area contributed by atoms with E-state index in [1.54, 1.807) is 66.9 Å². The molecule has 0 aliphatic carbocycles. The smallest absolute Gasteiger partial charge is 0.312 e. The molecule has 0 unspecified atom stereocenters. The van der Waals surface area contributed by atoms with Gasteiger partial charge in [0.1, 0.15) is 97.1 Å². The normalized spacial score (nSPS) is 11.1. The molecule has 0 spiro atoms. The van der Waals surface area contributed by atoms with Crippen LogP contribution in [0.4, 0.5) is 34.1 Å². The number of nitro benzene ring substituents is 1. The Balaban J connectivity index is 1.44. The molecule has 0 heterocycles. The maximum absolute atomic E-state index is 15.6. The number of amides is 5. The Kier molecular flexibility index (Phi) is 54.5. The Hall–Kier alpha value is -10.8. The summed E-state index contributed by atoms with van der Waals surface area (Å²) < 4.78 is 164. The van der Waals surface area contributed by atoms with Crippen molar-refractivity contribution in [3.63, 3.8) is 0 Å². The molecule has 0 saturated heterocycles. The molecule has 42 heteroatoms. The highest BCUT2D eigenvalue weighted by atomic mass is 16.6. The lowest BCUT2D eigenvalue weighted by atomic mass is 10.1. The fraction of sp³-hybridized carbons (Fsp3) is 0.534. The number of ether oxygens (including phenoxy) is 29. The zero-order chi connectivity index (χ0) is 93.6. The number of carbonyl (C=O) groups excluding carboxylic acids is 5. The number of nitro groups is 1. The minimum absolute atomic E-state index is 0.00566. The number of benzene rings is 6. The number of nitrogens with zero attached hydrogens (tertiary/aromatic N) is 1. The van der Waals surface area contributed by atoms with Gasteiger partial charge in [0.25, 0.3) is 29.5 Å². The summed E-state index contributed by atoms with van der Waals surface area (Å²) in [6.07, 6.45) is 0. The van der Waals surface area contributed by atoms with E-state index in [1.807, 2.05) is 0 Å². The minimum Gasteiger partial charge on any atom is -0.496 e. The van der Waals surface area contributed by atoms with Gasteiger partial charge in [-0.15, -0.1) is 0 Å². The van der Waals surface area contributed by atoms with Gasteiger partial charge >= 0.3 is 5.69 Å². The Labute approximate surface area is 755 Å². The maximum Gasteiger partial charge on any atom is 0.312 e. The molecule has 0 fully saturated rings. The summed E-state index contributed by atoms with van der Waals surface area (Å²) in [7, 11) is 16.0. The molecule has 0 aliphatic rings. The molecule has 0 aliphatic heterocycles. The predicted molar refractivity (Wildman–Crippen MR) is 472 cm³/mol. The van der Waals surface area contributed by atoms with Crippen molar-refractivity contribution < 1.29 is 166 Å². The molecule has 0 bridgehead atoms. The third kappa shape index (κ3) is 39.5. The first-order chi connectivity index (χ1) is 63.5. The van der Waals surface area contributed by atoms with E-state index in [-0.39, 0.29) is 267 Å². The molecule has 6 rings (SSSR count). The summed E-state index contributed by atoms with van der Waals surface area (Å²) in [5.41, 5.74) is -1.89. The molecular formula is C88H124N6O36. The van der Waals surface area contributed by atoms with E-state index in [4.69, 9.17) is 137 Å². The van der Waals surface area contributed by atoms with E-state index in [9.17, 15) is 19.7 Å². The first-order valence-electron chi connectivity index (χ1n) is 41.6. The molecule has 6 aromatic rings. The molecule has 0 saturated carbocycles. The van der Waals surface area contributed by atoms with Gasteiger partial charge in [0, 0.05) is 79.1 Å². The number of nitrogens with one attached hydrogen (secondary N) is 5. The summed E-state index contributed by atoms with van der Waals surface area (Å²) in [6.45, 7) is 6.20. The maximum atomic E-state index is 15.6. The van der Waals surface area contributed by atoms with E-state index < -0.39 is 40.1 Å². The average molecular weight is 1840 g/mol. The van der Waals surface area contributed by atoms with Crippen LogP contribution < -0.4 is 78.7 Å². The number of hydrogen-bond acceptors (Lipinski definition) is 36. The summed E-state index contributed by atoms with van der Waals surface area (Å²) in [6, 6.07) is 19.5. The Bertz CT molecular complexity index is 4300. The predicted octanol–water partition coefficient (Wildman–Crippen LogP) is 8.25. The summed E-state index contributed by atoms with van der Waals surface area (Å²) >= 11 is 0. The van der Waals surface area contributed by atoms with Gasteiger partial charge in [-0.05, 0) is 36.4 Å². The van der Waals surface area contributed by atoms with E-state index >= 15 is 14.4 Å². The van der Waals surface area contributed by atoms with Gasteiger partial charge in [0.05, 0.1) is 295 Å². The number of anilines is 5. The van der Waals surface area contributed by atoms with Crippen LogP contribution in [-0.4, -0.2) is 351 Å². The molecular weight excluding hydrogens is 1720 g/mol. The molecule has 6 aromatic carbocycles. The number of para-hydroxylation sites is 2. The highest BCUT2D eigenvalue weighted by molar-refractivity contribution is 6.14. The average Bonchev–Trinajstić information content (AvgIpc) is 0.790. The number of hydrogen-bond donors (Lipinski definition) is 5. The highest BCUT2D eigenvalue weighted by Crippen LogP contribution is 2.42. The van der Waals surface area contributed by atoms with Gasteiger partial charge in [-0.2, -0.15) is 0 Å². The summed E-state index contributed by atoms with van der Waals surface area (Å²) in [5, 5.41) is 27.0. The van der Waals surface area contributed by atoms with Crippen LogP contribution in [0.3, 0.4) is 0 Å². The second-order valence-electron chi connectivity index (χ2n) is 26.6. The van der Waals surface area contributed by atoms with Crippen molar-refractivity contribution in [1.29, 1.82) is 0 Å². The lowest BCUT2D eigenvalue weighted by Crippen LogP contribution is -2.21. The van der Waals surface area contributed by atoms with Crippen LogP contribution >= 0.6 is 0 Å². The van der Waals surface area contributed by atoms with Crippen LogP contribution in [0.25, 0.3) is 0 Å². The van der Waals surface area contributed by atoms with Crippen molar-refractivity contribution in [3.05, 3.63) is 123 Å². The first-order valence-corrected chi connectivity index (χ1v) is 41.6. The Morgan fingerprint density at radius 2 is 0.423 bits per heavy atom. The standard InChI is InChI=1S/C88H124N6O36/c1-102-16-22-113-28-34-119-40-46-125-76-59-81(128-49-43-122-37-31-116-25-19-105-4)70(54-64(76)86(97)89-67-14-12-13-15-73(67)108-7)92-84(95)62-52-68(79(111-10)57-74(62)109-8)90-87(98)65-55-71(82(129-50-44-123-38-32-117-26-20-106-5)60-77(65)126-47-41-120-35-29-114-23-17-103-2)93-85(96)63-53-69(80(112-11)58-75(63)110-9)91-88(99)66-56-72(94(100)101)83(130-51-45-124-39-33-118-27-21-107-6)61-78(66)127-48-42-121-36-30-115-24-18-104-3/h12-15,52-61H,16-51H2,1-11H3,(H,89,97)(H,90,98)(H,91,99)(H,92,95)(H,93,96). The molecule has 5 N–H and O–H groups in total. The van der Waals surface area contributed by atoms with Crippen molar-refractivity contribution in [3.8, 4) is 63.2 Å². The van der Waals surface area contributed by atoms with Crippen LogP contribution in [0.15, 0.2) is 84.9 Å². The van der Waals surface area contributed by atoms with Crippen molar-refractivity contribution >= 4 is 63.7 Å². The van der Waals surface area contributed by atoms with Crippen LogP contribution in [0.5, 0.6) is 63.2 Å². The van der Waals surface area contributed by atoms with Gasteiger partial charge in [-0.3, -0.25) is 34.1 Å². The third-order valence-electron chi connectivity index (χ3n) is 17.8. The largest absolute Gasteiger partial charge is 0.496 e. The Morgan fingerprint density at radius 1 is 0.223 bits per heavy atom. The SMILES string of the molecule is COCCOCCOCCOc1cc(OCCOCCOCCOC)c(C(=O)Nc2ccccc2OC)cc1NC(=O)c1cc(NC(=O)c2cc(NC(=O)c3cc(NC(=O)c4cc([N+](=O)[O-])c(OCCOCCOCCOC)cc4OCCOCCOCCOC)c(OC)cc3OC)c(OCCOCCOCCOC)cc2OCCOCCOCCOC)c(OC)cc1OC. The van der Waals surface area contributed by atoms with Crippen LogP contribution in [-0.2, 0) is 85.3 Å². The quantitative estimate of drug-likeness (QED) is 0.0136. The first kappa shape index (κ1) is 108. The van der Waals surface area contributed by atoms with Crippen molar-refractivity contribution in [2.45, 2.75) is 0 Å². The van der Waals surface area contributed by atoms with E-state index in [0.29, 0.717) is 90.7 Å². The van der Waals surface area contributed by atoms with Crippen LogP contribution in [0.2, 0.25) is 0 Å². The topological polar surface area (TPSA) is 456 Å². The lowest BCUT2D eigenvalue weighted by molar-refractivity contribution is -0.385. The molecule has 42 nitrogen and oxygen atoms in total. The number of methoxy groups -OCH3 is 11.